The van der Waals surface area contributed by atoms with Gasteiger partial charge in [-0.1, -0.05) is 12.8 Å². The molecule has 1 aliphatic heterocycles. The summed E-state index contributed by atoms with van der Waals surface area (Å²) in [6, 6.07) is 0.286. The molecule has 2 fully saturated rings. The van der Waals surface area contributed by atoms with Crippen molar-refractivity contribution in [3.05, 3.63) is 0 Å². The van der Waals surface area contributed by atoms with Crippen LogP contribution in [0.25, 0.3) is 0 Å². The SMILES string of the molecule is NC(CCC1CC1)C1CSCCO1. The summed E-state index contributed by atoms with van der Waals surface area (Å²) in [5.74, 6) is 3.25. The monoisotopic (exact) mass is 201 g/mol. The van der Waals surface area contributed by atoms with Crippen molar-refractivity contribution in [1.82, 2.24) is 0 Å². The molecule has 2 nitrogen and oxygen atoms in total. The summed E-state index contributed by atoms with van der Waals surface area (Å²) < 4.78 is 5.65. The predicted molar refractivity (Wildman–Crippen MR) is 57.0 cm³/mol. The molecule has 2 aliphatic rings. The first-order valence-corrected chi connectivity index (χ1v) is 6.46. The van der Waals surface area contributed by atoms with E-state index in [9.17, 15) is 0 Å². The number of nitrogens with two attached hydrogens (primary N) is 1. The van der Waals surface area contributed by atoms with Gasteiger partial charge in [0.15, 0.2) is 0 Å². The lowest BCUT2D eigenvalue weighted by Crippen LogP contribution is -2.41. The lowest BCUT2D eigenvalue weighted by Gasteiger charge is -2.27. The Kier molecular flexibility index (Phi) is 3.52. The molecule has 1 aliphatic carbocycles. The maximum absolute atomic E-state index is 6.09. The highest BCUT2D eigenvalue weighted by molar-refractivity contribution is 7.99. The summed E-state index contributed by atoms with van der Waals surface area (Å²) in [6.07, 6.45) is 5.69. The van der Waals surface area contributed by atoms with Gasteiger partial charge < -0.3 is 10.5 Å². The zero-order valence-electron chi connectivity index (χ0n) is 8.08. The molecule has 13 heavy (non-hydrogen) atoms. The molecule has 0 amide bonds. The lowest BCUT2D eigenvalue weighted by molar-refractivity contribution is 0.0543. The highest BCUT2D eigenvalue weighted by Gasteiger charge is 2.26. The molecule has 3 heteroatoms. The Balaban J connectivity index is 1.64. The second kappa shape index (κ2) is 4.67. The molecule has 1 saturated carbocycles. The molecule has 1 saturated heterocycles. The molecular formula is C10H19NOS. The van der Waals surface area contributed by atoms with Crippen molar-refractivity contribution in [2.45, 2.75) is 37.8 Å². The van der Waals surface area contributed by atoms with Gasteiger partial charge in [-0.05, 0) is 18.8 Å². The summed E-state index contributed by atoms with van der Waals surface area (Å²) in [4.78, 5) is 0. The van der Waals surface area contributed by atoms with Crippen LogP contribution in [-0.4, -0.2) is 30.3 Å². The molecule has 0 aromatic heterocycles. The van der Waals surface area contributed by atoms with Crippen molar-refractivity contribution < 1.29 is 4.74 Å². The van der Waals surface area contributed by atoms with E-state index in [-0.39, 0.29) is 6.04 Å². The van der Waals surface area contributed by atoms with Crippen LogP contribution >= 0.6 is 11.8 Å². The highest BCUT2D eigenvalue weighted by atomic mass is 32.2. The quantitative estimate of drug-likeness (QED) is 0.751. The summed E-state index contributed by atoms with van der Waals surface area (Å²) in [7, 11) is 0. The van der Waals surface area contributed by atoms with E-state index in [2.05, 4.69) is 0 Å². The van der Waals surface area contributed by atoms with Gasteiger partial charge in [-0.2, -0.15) is 11.8 Å². The first-order chi connectivity index (χ1) is 6.36. The average molecular weight is 201 g/mol. The molecular weight excluding hydrogens is 182 g/mol. The van der Waals surface area contributed by atoms with Crippen LogP contribution in [0.5, 0.6) is 0 Å². The molecule has 0 radical (unpaired) electrons. The van der Waals surface area contributed by atoms with Crippen LogP contribution in [0, 0.1) is 5.92 Å². The highest BCUT2D eigenvalue weighted by Crippen LogP contribution is 2.34. The third-order valence-corrected chi connectivity index (χ3v) is 3.94. The number of ether oxygens (including phenoxy) is 1. The Labute approximate surface area is 84.6 Å². The lowest BCUT2D eigenvalue weighted by atomic mass is 10.1. The molecule has 0 aromatic rings. The summed E-state index contributed by atoms with van der Waals surface area (Å²) in [5, 5.41) is 0. The maximum Gasteiger partial charge on any atom is 0.0816 e. The fourth-order valence-electron chi connectivity index (χ4n) is 1.77. The normalized spacial score (nSPS) is 31.6. The Bertz CT molecular complexity index is 155. The fourth-order valence-corrected chi connectivity index (χ4v) is 2.73. The Hall–Kier alpha value is 0.270. The van der Waals surface area contributed by atoms with Gasteiger partial charge >= 0.3 is 0 Å². The zero-order chi connectivity index (χ0) is 9.10. The van der Waals surface area contributed by atoms with Crippen molar-refractivity contribution in [1.29, 1.82) is 0 Å². The molecule has 2 rings (SSSR count). The first kappa shape index (κ1) is 9.81. The Morgan fingerprint density at radius 3 is 2.92 bits per heavy atom. The van der Waals surface area contributed by atoms with Gasteiger partial charge in [0, 0.05) is 17.5 Å². The maximum atomic E-state index is 6.09. The minimum atomic E-state index is 0.286. The molecule has 0 bridgehead atoms. The van der Waals surface area contributed by atoms with Crippen LogP contribution in [-0.2, 0) is 4.74 Å². The van der Waals surface area contributed by atoms with E-state index >= 15 is 0 Å². The standard InChI is InChI=1S/C10H19NOS/c11-9(4-3-8-1-2-8)10-7-13-6-5-12-10/h8-10H,1-7,11H2. The fraction of sp³-hybridized carbons (Fsp3) is 1.00. The van der Waals surface area contributed by atoms with Crippen LogP contribution in [0.1, 0.15) is 25.7 Å². The predicted octanol–water partition coefficient (Wildman–Crippen LogP) is 1.64. The van der Waals surface area contributed by atoms with Crippen LogP contribution in [0.3, 0.4) is 0 Å². The van der Waals surface area contributed by atoms with Gasteiger partial charge in [0.05, 0.1) is 12.7 Å². The van der Waals surface area contributed by atoms with Gasteiger partial charge in [-0.25, -0.2) is 0 Å². The topological polar surface area (TPSA) is 35.2 Å². The van der Waals surface area contributed by atoms with E-state index in [0.717, 1.165) is 30.5 Å². The molecule has 0 spiro atoms. The van der Waals surface area contributed by atoms with Crippen molar-refractivity contribution in [2.75, 3.05) is 18.1 Å². The van der Waals surface area contributed by atoms with E-state index in [4.69, 9.17) is 10.5 Å². The minimum Gasteiger partial charge on any atom is -0.375 e. The molecule has 2 N–H and O–H groups in total. The second-order valence-corrected chi connectivity index (χ2v) is 5.32. The summed E-state index contributed by atoms with van der Waals surface area (Å²) in [5.41, 5.74) is 6.09. The molecule has 76 valence electrons. The number of hydrogen-bond donors (Lipinski definition) is 1. The third-order valence-electron chi connectivity index (χ3n) is 2.92. The number of rotatable bonds is 4. The van der Waals surface area contributed by atoms with E-state index in [1.165, 1.54) is 19.3 Å². The van der Waals surface area contributed by atoms with Gasteiger partial charge in [-0.3, -0.25) is 0 Å². The Morgan fingerprint density at radius 1 is 1.46 bits per heavy atom. The van der Waals surface area contributed by atoms with Crippen molar-refractivity contribution in [3.63, 3.8) is 0 Å². The minimum absolute atomic E-state index is 0.286. The van der Waals surface area contributed by atoms with E-state index < -0.39 is 0 Å². The van der Waals surface area contributed by atoms with Crippen LogP contribution < -0.4 is 5.73 Å². The van der Waals surface area contributed by atoms with Crippen LogP contribution in [0.4, 0.5) is 0 Å². The third kappa shape index (κ3) is 3.15. The van der Waals surface area contributed by atoms with Gasteiger partial charge in [0.1, 0.15) is 0 Å². The Morgan fingerprint density at radius 2 is 2.31 bits per heavy atom. The van der Waals surface area contributed by atoms with Gasteiger partial charge in [-0.15, -0.1) is 0 Å². The summed E-state index contributed by atoms with van der Waals surface area (Å²) in [6.45, 7) is 0.895. The van der Waals surface area contributed by atoms with Crippen molar-refractivity contribution >= 4 is 11.8 Å². The largest absolute Gasteiger partial charge is 0.375 e. The van der Waals surface area contributed by atoms with Crippen LogP contribution in [0.2, 0.25) is 0 Å². The van der Waals surface area contributed by atoms with Gasteiger partial charge in [0.2, 0.25) is 0 Å². The smallest absolute Gasteiger partial charge is 0.0816 e. The molecule has 2 unspecified atom stereocenters. The van der Waals surface area contributed by atoms with Crippen molar-refractivity contribution in [3.8, 4) is 0 Å². The summed E-state index contributed by atoms with van der Waals surface area (Å²) >= 11 is 1.98. The molecule has 0 aromatic carbocycles. The van der Waals surface area contributed by atoms with E-state index in [1.54, 1.807) is 0 Å². The van der Waals surface area contributed by atoms with Gasteiger partial charge in [0.25, 0.3) is 0 Å². The number of hydrogen-bond acceptors (Lipinski definition) is 3. The van der Waals surface area contributed by atoms with E-state index in [1.807, 2.05) is 11.8 Å². The number of thioether (sulfide) groups is 1. The van der Waals surface area contributed by atoms with Crippen molar-refractivity contribution in [2.24, 2.45) is 11.7 Å². The van der Waals surface area contributed by atoms with E-state index in [0.29, 0.717) is 6.10 Å². The first-order valence-electron chi connectivity index (χ1n) is 5.31. The second-order valence-electron chi connectivity index (χ2n) is 4.17. The average Bonchev–Trinajstić information content (AvgIpc) is 2.99. The zero-order valence-corrected chi connectivity index (χ0v) is 8.89. The van der Waals surface area contributed by atoms with Crippen LogP contribution in [0.15, 0.2) is 0 Å². The molecule has 1 heterocycles. The molecule has 2 atom stereocenters.